The Morgan fingerprint density at radius 2 is 2.00 bits per heavy atom. The highest BCUT2D eigenvalue weighted by molar-refractivity contribution is 7.98. The van der Waals surface area contributed by atoms with E-state index in [-0.39, 0.29) is 13.0 Å². The molecule has 1 unspecified atom stereocenters. The zero-order valence-corrected chi connectivity index (χ0v) is 14.7. The van der Waals surface area contributed by atoms with Crippen molar-refractivity contribution in [2.24, 2.45) is 0 Å². The second kappa shape index (κ2) is 10.4. The van der Waals surface area contributed by atoms with Gasteiger partial charge in [-0.3, -0.25) is 4.98 Å². The number of aromatic nitrogens is 1. The van der Waals surface area contributed by atoms with Gasteiger partial charge in [0.25, 0.3) is 0 Å². The number of carbonyl (C=O) groups excluding carboxylic acids is 1. The fraction of sp³-hybridized carbons (Fsp3) is 0.278. The van der Waals surface area contributed by atoms with Crippen LogP contribution < -0.4 is 5.32 Å². The van der Waals surface area contributed by atoms with Crippen LogP contribution in [0, 0.1) is 5.82 Å². The number of nitrogens with zero attached hydrogens (tertiary/aromatic N) is 1. The number of rotatable bonds is 9. The van der Waals surface area contributed by atoms with Gasteiger partial charge in [-0.15, -0.1) is 0 Å². The van der Waals surface area contributed by atoms with Crippen molar-refractivity contribution in [1.82, 2.24) is 10.3 Å². The predicted octanol–water partition coefficient (Wildman–Crippen LogP) is 3.22. The van der Waals surface area contributed by atoms with Crippen LogP contribution in [0.3, 0.4) is 0 Å². The van der Waals surface area contributed by atoms with Crippen molar-refractivity contribution in [3.63, 3.8) is 0 Å². The molecule has 1 aromatic heterocycles. The number of thioether (sulfide) groups is 1. The van der Waals surface area contributed by atoms with Crippen LogP contribution in [0.25, 0.3) is 0 Å². The molecule has 0 saturated heterocycles. The summed E-state index contributed by atoms with van der Waals surface area (Å²) in [5, 5.41) is 11.6. The van der Waals surface area contributed by atoms with Gasteiger partial charge in [-0.1, -0.05) is 30.3 Å². The Hall–Kier alpha value is -2.61. The Bertz CT molecular complexity index is 730. The molecule has 0 spiro atoms. The molecular weight excluding hydrogens is 359 g/mol. The van der Waals surface area contributed by atoms with E-state index in [1.807, 2.05) is 18.2 Å². The van der Waals surface area contributed by atoms with Crippen LogP contribution >= 0.6 is 11.8 Å². The summed E-state index contributed by atoms with van der Waals surface area (Å²) in [6.45, 7) is 0.0698. The SMILES string of the molecule is O=C(NC(CCSCc1cncc(F)c1)C(=O)O)OCc1ccccc1. The van der Waals surface area contributed by atoms with Crippen LogP contribution in [-0.4, -0.2) is 33.9 Å². The van der Waals surface area contributed by atoms with Crippen molar-refractivity contribution in [3.05, 3.63) is 65.7 Å². The number of aliphatic carboxylic acids is 1. The van der Waals surface area contributed by atoms with Gasteiger partial charge >= 0.3 is 12.1 Å². The van der Waals surface area contributed by atoms with E-state index in [9.17, 15) is 19.1 Å². The predicted molar refractivity (Wildman–Crippen MR) is 96.2 cm³/mol. The van der Waals surface area contributed by atoms with Gasteiger partial charge in [0.05, 0.1) is 6.20 Å². The number of hydrogen-bond donors (Lipinski definition) is 2. The van der Waals surface area contributed by atoms with E-state index in [4.69, 9.17) is 4.74 Å². The first-order valence-corrected chi connectivity index (χ1v) is 9.07. The maximum atomic E-state index is 13.0. The fourth-order valence-corrected chi connectivity index (χ4v) is 3.03. The molecule has 8 heteroatoms. The zero-order chi connectivity index (χ0) is 18.8. The topological polar surface area (TPSA) is 88.5 Å². The van der Waals surface area contributed by atoms with E-state index in [0.717, 1.165) is 17.3 Å². The highest BCUT2D eigenvalue weighted by Crippen LogP contribution is 2.14. The molecule has 0 aliphatic rings. The molecule has 2 aromatic rings. The maximum Gasteiger partial charge on any atom is 0.408 e. The summed E-state index contributed by atoms with van der Waals surface area (Å²) in [6, 6.07) is 9.44. The normalized spacial score (nSPS) is 11.6. The summed E-state index contributed by atoms with van der Waals surface area (Å²) in [6.07, 6.45) is 2.13. The van der Waals surface area contributed by atoms with E-state index in [1.165, 1.54) is 17.8 Å². The minimum absolute atomic E-state index is 0.0698. The molecule has 0 aliphatic carbocycles. The Balaban J connectivity index is 1.72. The molecule has 0 aliphatic heterocycles. The molecule has 0 bridgehead atoms. The summed E-state index contributed by atoms with van der Waals surface area (Å²) in [5.41, 5.74) is 1.53. The van der Waals surface area contributed by atoms with Gasteiger partial charge in [0.2, 0.25) is 0 Å². The van der Waals surface area contributed by atoms with E-state index in [2.05, 4.69) is 10.3 Å². The van der Waals surface area contributed by atoms with Gasteiger partial charge in [-0.05, 0) is 29.4 Å². The Labute approximate surface area is 154 Å². The van der Waals surface area contributed by atoms with Crippen LogP contribution in [-0.2, 0) is 21.9 Å². The average molecular weight is 378 g/mol. The number of halogens is 1. The lowest BCUT2D eigenvalue weighted by molar-refractivity contribution is -0.139. The van der Waals surface area contributed by atoms with Crippen molar-refractivity contribution in [3.8, 4) is 0 Å². The van der Waals surface area contributed by atoms with Crippen molar-refractivity contribution in [1.29, 1.82) is 0 Å². The number of amides is 1. The van der Waals surface area contributed by atoms with Crippen LogP contribution in [0.5, 0.6) is 0 Å². The van der Waals surface area contributed by atoms with Gasteiger partial charge in [0.1, 0.15) is 18.5 Å². The lowest BCUT2D eigenvalue weighted by Crippen LogP contribution is -2.41. The molecule has 1 heterocycles. The van der Waals surface area contributed by atoms with E-state index >= 15 is 0 Å². The molecule has 0 radical (unpaired) electrons. The van der Waals surface area contributed by atoms with Gasteiger partial charge in [0.15, 0.2) is 0 Å². The third kappa shape index (κ3) is 7.10. The Morgan fingerprint density at radius 3 is 2.69 bits per heavy atom. The number of carboxylic acid groups (broad SMARTS) is 1. The summed E-state index contributed by atoms with van der Waals surface area (Å²) >= 11 is 1.44. The monoisotopic (exact) mass is 378 g/mol. The van der Waals surface area contributed by atoms with Crippen molar-refractivity contribution >= 4 is 23.8 Å². The van der Waals surface area contributed by atoms with E-state index in [1.54, 1.807) is 18.3 Å². The number of pyridine rings is 1. The second-order valence-corrected chi connectivity index (χ2v) is 6.55. The number of benzene rings is 1. The molecule has 2 rings (SSSR count). The third-order valence-corrected chi connectivity index (χ3v) is 4.45. The Morgan fingerprint density at radius 1 is 1.23 bits per heavy atom. The quantitative estimate of drug-likeness (QED) is 0.652. The van der Waals surface area contributed by atoms with Crippen LogP contribution in [0.4, 0.5) is 9.18 Å². The van der Waals surface area contributed by atoms with E-state index < -0.39 is 23.9 Å². The minimum Gasteiger partial charge on any atom is -0.480 e. The standard InChI is InChI=1S/C18H19FN2O4S/c19-15-8-14(9-20-10-15)12-26-7-6-16(17(22)23)21-18(24)25-11-13-4-2-1-3-5-13/h1-5,8-10,16H,6-7,11-12H2,(H,21,24)(H,22,23). The van der Waals surface area contributed by atoms with Gasteiger partial charge in [-0.25, -0.2) is 14.0 Å². The molecule has 138 valence electrons. The summed E-state index contributed by atoms with van der Waals surface area (Å²) in [5.74, 6) is -0.550. The summed E-state index contributed by atoms with van der Waals surface area (Å²) in [4.78, 5) is 26.8. The fourth-order valence-electron chi connectivity index (χ4n) is 2.09. The van der Waals surface area contributed by atoms with Crippen molar-refractivity contribution < 1.29 is 23.8 Å². The molecule has 26 heavy (non-hydrogen) atoms. The molecule has 0 saturated carbocycles. The third-order valence-electron chi connectivity index (χ3n) is 3.38. The molecule has 6 nitrogen and oxygen atoms in total. The maximum absolute atomic E-state index is 13.0. The largest absolute Gasteiger partial charge is 0.480 e. The first kappa shape index (κ1) is 19.7. The minimum atomic E-state index is -1.13. The van der Waals surface area contributed by atoms with Crippen LogP contribution in [0.1, 0.15) is 17.5 Å². The number of carboxylic acids is 1. The smallest absolute Gasteiger partial charge is 0.408 e. The number of hydrogen-bond acceptors (Lipinski definition) is 5. The second-order valence-electron chi connectivity index (χ2n) is 5.45. The molecule has 1 atom stereocenters. The van der Waals surface area contributed by atoms with Crippen LogP contribution in [0.2, 0.25) is 0 Å². The van der Waals surface area contributed by atoms with Crippen molar-refractivity contribution in [2.45, 2.75) is 24.8 Å². The zero-order valence-electron chi connectivity index (χ0n) is 13.9. The average Bonchev–Trinajstić information content (AvgIpc) is 2.63. The summed E-state index contributed by atoms with van der Waals surface area (Å²) in [7, 11) is 0. The van der Waals surface area contributed by atoms with Crippen molar-refractivity contribution in [2.75, 3.05) is 5.75 Å². The first-order valence-electron chi connectivity index (χ1n) is 7.92. The molecule has 0 fully saturated rings. The number of carbonyl (C=O) groups is 2. The molecule has 2 N–H and O–H groups in total. The lowest BCUT2D eigenvalue weighted by atomic mass is 10.2. The van der Waals surface area contributed by atoms with Gasteiger partial charge in [0, 0.05) is 11.9 Å². The number of nitrogens with one attached hydrogen (secondary N) is 1. The molecule has 1 amide bonds. The van der Waals surface area contributed by atoms with Gasteiger partial charge in [-0.2, -0.15) is 11.8 Å². The number of alkyl carbamates (subject to hydrolysis) is 1. The first-order chi connectivity index (χ1) is 12.5. The highest BCUT2D eigenvalue weighted by Gasteiger charge is 2.20. The lowest BCUT2D eigenvalue weighted by Gasteiger charge is -2.14. The van der Waals surface area contributed by atoms with Crippen LogP contribution in [0.15, 0.2) is 48.8 Å². The highest BCUT2D eigenvalue weighted by atomic mass is 32.2. The van der Waals surface area contributed by atoms with E-state index in [0.29, 0.717) is 11.5 Å². The molecule has 1 aromatic carbocycles. The number of ether oxygens (including phenoxy) is 1. The Kier molecular flexibility index (Phi) is 7.88. The molecular formula is C18H19FN2O4S. The van der Waals surface area contributed by atoms with Gasteiger partial charge < -0.3 is 15.2 Å². The summed E-state index contributed by atoms with van der Waals surface area (Å²) < 4.78 is 18.1.